The van der Waals surface area contributed by atoms with Gasteiger partial charge >= 0.3 is 5.69 Å². The summed E-state index contributed by atoms with van der Waals surface area (Å²) in [5.41, 5.74) is 2.13. The molecule has 0 saturated carbocycles. The minimum atomic E-state index is -0.577. The molecular formula is C17H13N5O3S. The van der Waals surface area contributed by atoms with Gasteiger partial charge in [0.1, 0.15) is 12.2 Å². The molecule has 9 heteroatoms. The van der Waals surface area contributed by atoms with Gasteiger partial charge < -0.3 is 15.4 Å². The Hall–Kier alpha value is -3.46. The highest BCUT2D eigenvalue weighted by molar-refractivity contribution is 7.13. The van der Waals surface area contributed by atoms with E-state index in [2.05, 4.69) is 20.3 Å². The van der Waals surface area contributed by atoms with E-state index in [0.717, 1.165) is 21.4 Å². The van der Waals surface area contributed by atoms with E-state index in [1.807, 2.05) is 24.3 Å². The van der Waals surface area contributed by atoms with Gasteiger partial charge in [0, 0.05) is 28.9 Å². The second-order valence-corrected chi connectivity index (χ2v) is 6.41. The molecule has 8 nitrogen and oxygen atoms in total. The van der Waals surface area contributed by atoms with Gasteiger partial charge in [-0.2, -0.15) is 0 Å². The lowest BCUT2D eigenvalue weighted by Gasteiger charge is -2.03. The fraction of sp³-hybridized carbons (Fsp3) is 0.0588. The van der Waals surface area contributed by atoms with E-state index in [0.29, 0.717) is 5.13 Å². The van der Waals surface area contributed by atoms with E-state index < -0.39 is 11.6 Å². The molecule has 0 aliphatic carbocycles. The Bertz CT molecular complexity index is 1090. The molecule has 130 valence electrons. The number of hydrogen-bond acceptors (Lipinski definition) is 6. The van der Waals surface area contributed by atoms with Gasteiger partial charge in [-0.15, -0.1) is 11.3 Å². The van der Waals surface area contributed by atoms with Crippen molar-refractivity contribution >= 4 is 45.9 Å². The van der Waals surface area contributed by atoms with Gasteiger partial charge in [-0.25, -0.2) is 9.78 Å². The molecule has 26 heavy (non-hydrogen) atoms. The first-order chi connectivity index (χ1) is 12.6. The van der Waals surface area contributed by atoms with Crippen LogP contribution in [0.3, 0.4) is 0 Å². The fourth-order valence-electron chi connectivity index (χ4n) is 2.62. The van der Waals surface area contributed by atoms with Gasteiger partial charge in [0.25, 0.3) is 0 Å². The number of amides is 1. The molecule has 1 aliphatic heterocycles. The van der Waals surface area contributed by atoms with E-state index in [4.69, 9.17) is 0 Å². The average Bonchev–Trinajstić information content (AvgIpc) is 3.33. The van der Waals surface area contributed by atoms with Crippen LogP contribution in [0.25, 0.3) is 11.6 Å². The van der Waals surface area contributed by atoms with Crippen molar-refractivity contribution in [2.45, 2.75) is 6.54 Å². The zero-order valence-electron chi connectivity index (χ0n) is 13.3. The van der Waals surface area contributed by atoms with Crippen molar-refractivity contribution in [3.05, 3.63) is 57.6 Å². The topological polar surface area (TPSA) is 112 Å². The van der Waals surface area contributed by atoms with Crippen molar-refractivity contribution in [1.82, 2.24) is 14.5 Å². The third-order valence-corrected chi connectivity index (χ3v) is 4.51. The fourth-order valence-corrected chi connectivity index (χ4v) is 3.17. The third kappa shape index (κ3) is 2.95. The van der Waals surface area contributed by atoms with Crippen LogP contribution in [0.15, 0.2) is 45.6 Å². The van der Waals surface area contributed by atoms with Crippen LogP contribution in [0, 0.1) is 0 Å². The number of para-hydroxylation sites is 1. The lowest BCUT2D eigenvalue weighted by Crippen LogP contribution is -2.25. The molecule has 2 aromatic heterocycles. The molecule has 0 bridgehead atoms. The summed E-state index contributed by atoms with van der Waals surface area (Å²) in [6, 6.07) is 7.55. The molecule has 0 spiro atoms. The number of rotatable bonds is 4. The van der Waals surface area contributed by atoms with E-state index in [-0.39, 0.29) is 18.1 Å². The number of anilines is 1. The number of aromatic hydroxyl groups is 1. The maximum atomic E-state index is 12.1. The van der Waals surface area contributed by atoms with Gasteiger partial charge in [0.15, 0.2) is 5.13 Å². The molecule has 0 unspecified atom stereocenters. The summed E-state index contributed by atoms with van der Waals surface area (Å²) in [7, 11) is 0. The minimum Gasteiger partial charge on any atom is -0.493 e. The van der Waals surface area contributed by atoms with E-state index >= 15 is 0 Å². The Kier molecular flexibility index (Phi) is 3.98. The summed E-state index contributed by atoms with van der Waals surface area (Å²) < 4.78 is 0.966. The second kappa shape index (κ2) is 6.45. The number of nitrogens with zero attached hydrogens (tertiary/aromatic N) is 3. The highest BCUT2D eigenvalue weighted by Crippen LogP contribution is 2.32. The summed E-state index contributed by atoms with van der Waals surface area (Å²) in [6.07, 6.45) is 4.85. The summed E-state index contributed by atoms with van der Waals surface area (Å²) in [5.74, 6) is -0.766. The van der Waals surface area contributed by atoms with Crippen LogP contribution in [0.5, 0.6) is 5.88 Å². The number of carbonyl (C=O) groups excluding carboxylic acids is 1. The first-order valence-corrected chi connectivity index (χ1v) is 8.56. The molecular weight excluding hydrogens is 354 g/mol. The van der Waals surface area contributed by atoms with Gasteiger partial charge in [-0.3, -0.25) is 14.4 Å². The lowest BCUT2D eigenvalue weighted by atomic mass is 10.1. The number of imidazole rings is 1. The predicted octanol–water partition coefficient (Wildman–Crippen LogP) is 2.23. The maximum Gasteiger partial charge on any atom is 0.329 e. The van der Waals surface area contributed by atoms with Crippen LogP contribution in [0.4, 0.5) is 10.8 Å². The van der Waals surface area contributed by atoms with Crippen LogP contribution < -0.4 is 11.0 Å². The molecule has 0 atom stereocenters. The van der Waals surface area contributed by atoms with Gasteiger partial charge in [0.05, 0.1) is 5.69 Å². The minimum absolute atomic E-state index is 0.218. The van der Waals surface area contributed by atoms with Crippen molar-refractivity contribution in [1.29, 1.82) is 0 Å². The van der Waals surface area contributed by atoms with E-state index in [1.54, 1.807) is 23.9 Å². The molecule has 1 aromatic carbocycles. The summed E-state index contributed by atoms with van der Waals surface area (Å²) in [6.45, 7) is -0.325. The molecule has 3 N–H and O–H groups in total. The van der Waals surface area contributed by atoms with Crippen LogP contribution in [-0.2, 0) is 11.3 Å². The number of allylic oxidation sites excluding steroid dienone is 1. The van der Waals surface area contributed by atoms with Crippen LogP contribution in [-0.4, -0.2) is 31.8 Å². The number of aromatic amines is 1. The zero-order chi connectivity index (χ0) is 18.1. The highest BCUT2D eigenvalue weighted by Gasteiger charge is 2.17. The van der Waals surface area contributed by atoms with Crippen molar-refractivity contribution in [3.8, 4) is 5.88 Å². The van der Waals surface area contributed by atoms with E-state index in [9.17, 15) is 14.7 Å². The van der Waals surface area contributed by atoms with Crippen LogP contribution in [0.1, 0.15) is 11.3 Å². The largest absolute Gasteiger partial charge is 0.493 e. The number of fused-ring (bicyclic) bond motifs is 1. The number of carbonyl (C=O) groups is 1. The normalized spacial score (nSPS) is 13.9. The first-order valence-electron chi connectivity index (χ1n) is 7.68. The van der Waals surface area contributed by atoms with Gasteiger partial charge in [0.2, 0.25) is 11.8 Å². The van der Waals surface area contributed by atoms with Crippen LogP contribution in [0.2, 0.25) is 0 Å². The maximum absolute atomic E-state index is 12.1. The smallest absolute Gasteiger partial charge is 0.329 e. The van der Waals surface area contributed by atoms with Crippen molar-refractivity contribution in [3.63, 3.8) is 0 Å². The Morgan fingerprint density at radius 2 is 2.23 bits per heavy atom. The average molecular weight is 367 g/mol. The van der Waals surface area contributed by atoms with Crippen LogP contribution >= 0.6 is 11.3 Å². The standard InChI is InChI=1S/C17H13N5O3S/c23-14(21-16-18-5-6-26-16)9-22-15(24)13(20-17(22)25)7-10-8-19-12-4-2-1-3-11(10)12/h1-8,24H,9H2,(H,20,25)(H,18,21,23)/b10-7-. The van der Waals surface area contributed by atoms with Gasteiger partial charge in [-0.1, -0.05) is 18.2 Å². The number of nitrogens with one attached hydrogen (secondary N) is 2. The molecule has 1 amide bonds. The third-order valence-electron chi connectivity index (χ3n) is 3.82. The molecule has 0 radical (unpaired) electrons. The Labute approximate surface area is 151 Å². The van der Waals surface area contributed by atoms with Gasteiger partial charge in [-0.05, 0) is 12.1 Å². The molecule has 3 heterocycles. The Morgan fingerprint density at radius 3 is 3.04 bits per heavy atom. The Balaban J connectivity index is 1.60. The molecule has 4 rings (SSSR count). The molecule has 3 aromatic rings. The number of thiazole rings is 1. The summed E-state index contributed by atoms with van der Waals surface area (Å²) in [5, 5.41) is 15.1. The molecule has 1 aliphatic rings. The lowest BCUT2D eigenvalue weighted by molar-refractivity contribution is -0.116. The molecule has 0 fully saturated rings. The monoisotopic (exact) mass is 367 g/mol. The number of hydrogen-bond donors (Lipinski definition) is 3. The SMILES string of the molecule is O=C(Cn1c(O)c(/C=C2/C=Nc3ccccc32)[nH]c1=O)Nc1nccs1. The quantitative estimate of drug-likeness (QED) is 0.656. The molecule has 0 saturated heterocycles. The highest BCUT2D eigenvalue weighted by atomic mass is 32.1. The first kappa shape index (κ1) is 16.0. The summed E-state index contributed by atoms with van der Waals surface area (Å²) >= 11 is 1.27. The Morgan fingerprint density at radius 1 is 1.38 bits per heavy atom. The second-order valence-electron chi connectivity index (χ2n) is 5.51. The van der Waals surface area contributed by atoms with Crippen molar-refractivity contribution in [2.24, 2.45) is 4.99 Å². The van der Waals surface area contributed by atoms with E-state index in [1.165, 1.54) is 11.3 Å². The summed E-state index contributed by atoms with van der Waals surface area (Å²) in [4.78, 5) is 34.9. The van der Waals surface area contributed by atoms with Crippen molar-refractivity contribution < 1.29 is 9.90 Å². The number of aliphatic imine (C=N–C) groups is 1. The number of benzene rings is 1. The number of H-pyrrole nitrogens is 1. The predicted molar refractivity (Wildman–Crippen MR) is 99.9 cm³/mol. The zero-order valence-corrected chi connectivity index (χ0v) is 14.2. The number of aromatic nitrogens is 3. The van der Waals surface area contributed by atoms with Crippen molar-refractivity contribution in [2.75, 3.05) is 5.32 Å².